The molecule has 0 N–H and O–H groups in total. The van der Waals surface area contributed by atoms with Crippen LogP contribution < -0.4 is 0 Å². The highest BCUT2D eigenvalue weighted by Gasteiger charge is 2.38. The van der Waals surface area contributed by atoms with Gasteiger partial charge in [-0.1, -0.05) is 30.3 Å². The summed E-state index contributed by atoms with van der Waals surface area (Å²) < 4.78 is 10.4. The van der Waals surface area contributed by atoms with E-state index >= 15 is 0 Å². The van der Waals surface area contributed by atoms with Crippen LogP contribution >= 0.6 is 0 Å². The molecule has 0 spiro atoms. The third kappa shape index (κ3) is 4.19. The van der Waals surface area contributed by atoms with E-state index in [1.54, 1.807) is 0 Å². The zero-order chi connectivity index (χ0) is 12.1. The summed E-state index contributed by atoms with van der Waals surface area (Å²) in [4.78, 5) is 11.5. The smallest absolute Gasteiger partial charge is 0.306 e. The Morgan fingerprint density at radius 1 is 1.41 bits per heavy atom. The van der Waals surface area contributed by atoms with Crippen molar-refractivity contribution in [2.45, 2.75) is 31.8 Å². The number of carbonyl (C=O) groups excluding carboxylic acids is 1. The average Bonchev–Trinajstić information content (AvgIpc) is 3.06. The van der Waals surface area contributed by atoms with Crippen LogP contribution in [0.25, 0.3) is 0 Å². The molecular formula is C14H18O3. The number of ether oxygens (including phenoxy) is 2. The van der Waals surface area contributed by atoms with Gasteiger partial charge in [0.1, 0.15) is 0 Å². The Morgan fingerprint density at radius 3 is 2.76 bits per heavy atom. The lowest BCUT2D eigenvalue weighted by molar-refractivity contribution is -0.144. The van der Waals surface area contributed by atoms with Gasteiger partial charge in [0.05, 0.1) is 18.8 Å². The lowest BCUT2D eigenvalue weighted by atomic mass is 10.1. The SMILES string of the molecule is CC1(CCOC(=[18O])CCc2ccccc2)CO1. The minimum atomic E-state index is -0.127. The highest BCUT2D eigenvalue weighted by molar-refractivity contribution is 5.69. The Balaban J connectivity index is 1.61. The fourth-order valence-corrected chi connectivity index (χ4v) is 1.61. The van der Waals surface area contributed by atoms with Crippen LogP contribution in [0.4, 0.5) is 0 Å². The summed E-state index contributed by atoms with van der Waals surface area (Å²) in [5.41, 5.74) is 1.14. The van der Waals surface area contributed by atoms with E-state index in [4.69, 9.17) is 9.47 Å². The summed E-state index contributed by atoms with van der Waals surface area (Å²) in [7, 11) is 0. The Hall–Kier alpha value is -1.35. The van der Waals surface area contributed by atoms with Gasteiger partial charge in [-0.15, -0.1) is 0 Å². The van der Waals surface area contributed by atoms with Crippen LogP contribution in [0.3, 0.4) is 0 Å². The Bertz CT molecular complexity index is 368. The predicted molar refractivity (Wildman–Crippen MR) is 64.7 cm³/mol. The van der Waals surface area contributed by atoms with Gasteiger partial charge < -0.3 is 9.47 Å². The number of benzene rings is 1. The molecule has 2 rings (SSSR count). The summed E-state index contributed by atoms with van der Waals surface area (Å²) in [6, 6.07) is 9.97. The third-order valence-electron chi connectivity index (χ3n) is 2.99. The van der Waals surface area contributed by atoms with E-state index in [1.165, 1.54) is 5.56 Å². The van der Waals surface area contributed by atoms with Gasteiger partial charge in [0.25, 0.3) is 0 Å². The topological polar surface area (TPSA) is 38.8 Å². The van der Waals surface area contributed by atoms with Gasteiger partial charge in [0, 0.05) is 12.8 Å². The second-order valence-corrected chi connectivity index (χ2v) is 4.69. The predicted octanol–water partition coefficient (Wildman–Crippen LogP) is 2.34. The maximum absolute atomic E-state index is 11.5. The Labute approximate surface area is 102 Å². The van der Waals surface area contributed by atoms with Crippen molar-refractivity contribution in [1.82, 2.24) is 0 Å². The quantitative estimate of drug-likeness (QED) is 0.432. The van der Waals surface area contributed by atoms with Crippen molar-refractivity contribution in [3.05, 3.63) is 35.9 Å². The first-order valence-corrected chi connectivity index (χ1v) is 6.01. The molecule has 1 saturated heterocycles. The molecule has 1 atom stereocenters. The largest absolute Gasteiger partial charge is 0.466 e. The van der Waals surface area contributed by atoms with Crippen molar-refractivity contribution in [2.24, 2.45) is 0 Å². The van der Waals surface area contributed by atoms with E-state index in [0.29, 0.717) is 13.0 Å². The summed E-state index contributed by atoms with van der Waals surface area (Å²) in [6.07, 6.45) is 1.99. The Morgan fingerprint density at radius 2 is 2.12 bits per heavy atom. The molecule has 0 bridgehead atoms. The van der Waals surface area contributed by atoms with Crippen molar-refractivity contribution in [2.75, 3.05) is 13.2 Å². The number of hydrogen-bond acceptors (Lipinski definition) is 3. The van der Waals surface area contributed by atoms with Crippen LogP contribution in [0.15, 0.2) is 30.3 Å². The first-order valence-electron chi connectivity index (χ1n) is 6.01. The van der Waals surface area contributed by atoms with Gasteiger partial charge >= 0.3 is 5.97 Å². The van der Waals surface area contributed by atoms with Gasteiger partial charge in [0.2, 0.25) is 0 Å². The van der Waals surface area contributed by atoms with Gasteiger partial charge in [-0.05, 0) is 18.9 Å². The number of esters is 1. The van der Waals surface area contributed by atoms with Crippen molar-refractivity contribution in [1.29, 1.82) is 0 Å². The molecule has 1 aromatic rings. The van der Waals surface area contributed by atoms with E-state index < -0.39 is 0 Å². The van der Waals surface area contributed by atoms with Crippen LogP contribution in [-0.4, -0.2) is 24.8 Å². The zero-order valence-electron chi connectivity index (χ0n) is 10.1. The van der Waals surface area contributed by atoms with E-state index in [1.807, 2.05) is 37.3 Å². The first-order chi connectivity index (χ1) is 8.18. The van der Waals surface area contributed by atoms with E-state index in [2.05, 4.69) is 0 Å². The molecule has 0 aromatic heterocycles. The van der Waals surface area contributed by atoms with Crippen molar-refractivity contribution >= 4 is 5.97 Å². The molecule has 1 fully saturated rings. The highest BCUT2D eigenvalue weighted by atomic mass is 18.1. The molecule has 0 saturated carbocycles. The third-order valence-corrected chi connectivity index (χ3v) is 2.99. The maximum Gasteiger partial charge on any atom is 0.306 e. The zero-order valence-corrected chi connectivity index (χ0v) is 10.1. The monoisotopic (exact) mass is 236 g/mol. The molecule has 1 aliphatic heterocycles. The average molecular weight is 236 g/mol. The van der Waals surface area contributed by atoms with Crippen LogP contribution in [0.1, 0.15) is 25.3 Å². The van der Waals surface area contributed by atoms with Gasteiger partial charge in [-0.2, -0.15) is 0 Å². The molecule has 0 radical (unpaired) electrons. The summed E-state index contributed by atoms with van der Waals surface area (Å²) in [5.74, 6) is -0.127. The van der Waals surface area contributed by atoms with E-state index in [0.717, 1.165) is 19.4 Å². The van der Waals surface area contributed by atoms with Gasteiger partial charge in [0.15, 0.2) is 0 Å². The minimum Gasteiger partial charge on any atom is -0.466 e. The summed E-state index contributed by atoms with van der Waals surface area (Å²) in [5, 5.41) is 0. The molecule has 0 aliphatic carbocycles. The number of epoxide rings is 1. The molecule has 1 aromatic carbocycles. The van der Waals surface area contributed by atoms with Crippen LogP contribution in [-0.2, 0) is 20.7 Å². The van der Waals surface area contributed by atoms with Crippen LogP contribution in [0.2, 0.25) is 0 Å². The number of hydrogen-bond donors (Lipinski definition) is 0. The Kier molecular flexibility index (Phi) is 3.79. The first kappa shape index (κ1) is 12.1. The number of aryl methyl sites for hydroxylation is 1. The van der Waals surface area contributed by atoms with Crippen molar-refractivity contribution in [3.8, 4) is 0 Å². The molecule has 3 nitrogen and oxygen atoms in total. The van der Waals surface area contributed by atoms with Crippen molar-refractivity contribution < 1.29 is 14.3 Å². The fourth-order valence-electron chi connectivity index (χ4n) is 1.61. The van der Waals surface area contributed by atoms with Crippen LogP contribution in [0.5, 0.6) is 0 Å². The fraction of sp³-hybridized carbons (Fsp3) is 0.500. The molecular weight excluding hydrogens is 218 g/mol. The molecule has 92 valence electrons. The standard InChI is InChI=1S/C14H18O3/c1-14(11-17-14)9-10-16-13(15)8-7-12-5-3-2-4-6-12/h2-6H,7-11H2,1H3/i15+2. The minimum absolute atomic E-state index is 0.0281. The summed E-state index contributed by atoms with van der Waals surface area (Å²) >= 11 is 0. The molecule has 1 heterocycles. The number of carbonyl (C=O) groups is 1. The normalized spacial score (nSPS) is 22.2. The molecule has 17 heavy (non-hydrogen) atoms. The second-order valence-electron chi connectivity index (χ2n) is 4.69. The van der Waals surface area contributed by atoms with Crippen LogP contribution in [0, 0.1) is 0 Å². The van der Waals surface area contributed by atoms with Gasteiger partial charge in [-0.25, -0.2) is 0 Å². The lowest BCUT2D eigenvalue weighted by Crippen LogP contribution is -2.13. The molecule has 0 amide bonds. The molecule has 3 heteroatoms. The van der Waals surface area contributed by atoms with Gasteiger partial charge in [-0.3, -0.25) is 4.79 Å². The van der Waals surface area contributed by atoms with E-state index in [-0.39, 0.29) is 11.6 Å². The van der Waals surface area contributed by atoms with Crippen molar-refractivity contribution in [3.63, 3.8) is 0 Å². The number of rotatable bonds is 6. The molecule has 1 unspecified atom stereocenters. The second kappa shape index (κ2) is 5.32. The van der Waals surface area contributed by atoms with E-state index in [9.17, 15) is 4.79 Å². The molecule has 1 aliphatic rings. The lowest BCUT2D eigenvalue weighted by Gasteiger charge is -2.06. The maximum atomic E-state index is 11.5. The highest BCUT2D eigenvalue weighted by Crippen LogP contribution is 2.29. The summed E-state index contributed by atoms with van der Waals surface area (Å²) in [6.45, 7) is 3.28.